The summed E-state index contributed by atoms with van der Waals surface area (Å²) in [6.45, 7) is 4.14. The summed E-state index contributed by atoms with van der Waals surface area (Å²) in [7, 11) is 0. The standard InChI is InChI=1S/C15H13Br2F/c1-9-6-7-11(8-10(9)2)14(17)12-4-3-5-13(16)15(12)18/h3-8,14H,1-2H3. The molecular formula is C15H13Br2F. The van der Waals surface area contributed by atoms with Crippen molar-refractivity contribution < 1.29 is 4.39 Å². The molecule has 0 spiro atoms. The Hall–Kier alpha value is -0.670. The van der Waals surface area contributed by atoms with Crippen molar-refractivity contribution in [2.24, 2.45) is 0 Å². The predicted octanol–water partition coefficient (Wildman–Crippen LogP) is 5.69. The van der Waals surface area contributed by atoms with E-state index in [1.165, 1.54) is 11.1 Å². The van der Waals surface area contributed by atoms with Crippen LogP contribution in [0.15, 0.2) is 40.9 Å². The van der Waals surface area contributed by atoms with E-state index in [1.807, 2.05) is 12.1 Å². The molecule has 3 heteroatoms. The molecule has 0 aromatic heterocycles. The average Bonchev–Trinajstić information content (AvgIpc) is 2.35. The minimum atomic E-state index is -0.211. The van der Waals surface area contributed by atoms with Crippen LogP contribution in [0.2, 0.25) is 0 Å². The van der Waals surface area contributed by atoms with Crippen molar-refractivity contribution in [1.29, 1.82) is 0 Å². The van der Waals surface area contributed by atoms with Crippen molar-refractivity contribution in [2.45, 2.75) is 18.7 Å². The Morgan fingerprint density at radius 3 is 2.44 bits per heavy atom. The van der Waals surface area contributed by atoms with Crippen LogP contribution >= 0.6 is 31.9 Å². The van der Waals surface area contributed by atoms with E-state index < -0.39 is 0 Å². The molecule has 0 nitrogen and oxygen atoms in total. The van der Waals surface area contributed by atoms with Crippen LogP contribution < -0.4 is 0 Å². The van der Waals surface area contributed by atoms with Crippen molar-refractivity contribution in [3.8, 4) is 0 Å². The first-order valence-corrected chi connectivity index (χ1v) is 7.36. The molecule has 0 N–H and O–H groups in total. The Bertz CT molecular complexity index is 579. The SMILES string of the molecule is Cc1ccc(C(Br)c2cccc(Br)c2F)cc1C. The lowest BCUT2D eigenvalue weighted by Crippen LogP contribution is -1.98. The summed E-state index contributed by atoms with van der Waals surface area (Å²) in [6.07, 6.45) is 0. The van der Waals surface area contributed by atoms with Gasteiger partial charge in [0.25, 0.3) is 0 Å². The Labute approximate surface area is 123 Å². The normalized spacial score (nSPS) is 12.5. The van der Waals surface area contributed by atoms with Gasteiger partial charge in [0.2, 0.25) is 0 Å². The minimum Gasteiger partial charge on any atom is -0.205 e. The first-order chi connectivity index (χ1) is 8.50. The molecule has 2 aromatic rings. The molecule has 0 radical (unpaired) electrons. The Kier molecular flexibility index (Phi) is 4.23. The summed E-state index contributed by atoms with van der Waals surface area (Å²) in [4.78, 5) is -0.130. The zero-order chi connectivity index (χ0) is 13.3. The van der Waals surface area contributed by atoms with Crippen molar-refractivity contribution in [1.82, 2.24) is 0 Å². The van der Waals surface area contributed by atoms with Gasteiger partial charge in [-0.3, -0.25) is 0 Å². The topological polar surface area (TPSA) is 0 Å². The number of aryl methyl sites for hydroxylation is 2. The van der Waals surface area contributed by atoms with E-state index >= 15 is 0 Å². The van der Waals surface area contributed by atoms with Gasteiger partial charge in [0, 0.05) is 5.56 Å². The zero-order valence-corrected chi connectivity index (χ0v) is 13.3. The third-order valence-corrected chi connectivity index (χ3v) is 4.71. The van der Waals surface area contributed by atoms with Gasteiger partial charge in [0.05, 0.1) is 9.30 Å². The van der Waals surface area contributed by atoms with Crippen molar-refractivity contribution >= 4 is 31.9 Å². The quantitative estimate of drug-likeness (QED) is 0.595. The molecule has 0 saturated heterocycles. The van der Waals surface area contributed by atoms with Crippen molar-refractivity contribution in [2.75, 3.05) is 0 Å². The molecule has 0 aliphatic heterocycles. The number of benzene rings is 2. The highest BCUT2D eigenvalue weighted by atomic mass is 79.9. The van der Waals surface area contributed by atoms with Gasteiger partial charge in [0.15, 0.2) is 0 Å². The van der Waals surface area contributed by atoms with E-state index in [4.69, 9.17) is 0 Å². The molecule has 0 amide bonds. The third-order valence-electron chi connectivity index (χ3n) is 3.08. The minimum absolute atomic E-state index is 0.130. The van der Waals surface area contributed by atoms with Gasteiger partial charge in [-0.15, -0.1) is 0 Å². The zero-order valence-electron chi connectivity index (χ0n) is 10.2. The van der Waals surface area contributed by atoms with Crippen LogP contribution in [-0.4, -0.2) is 0 Å². The van der Waals surface area contributed by atoms with Crippen LogP contribution in [0.5, 0.6) is 0 Å². The van der Waals surface area contributed by atoms with Crippen LogP contribution in [0.4, 0.5) is 4.39 Å². The molecule has 1 unspecified atom stereocenters. The van der Waals surface area contributed by atoms with Crippen LogP contribution in [-0.2, 0) is 0 Å². The molecule has 0 aliphatic carbocycles. The van der Waals surface area contributed by atoms with Gasteiger partial charge in [-0.1, -0.05) is 46.3 Å². The lowest BCUT2D eigenvalue weighted by molar-refractivity contribution is 0.607. The Morgan fingerprint density at radius 1 is 1.06 bits per heavy atom. The highest BCUT2D eigenvalue weighted by molar-refractivity contribution is 9.10. The molecule has 0 saturated carbocycles. The van der Waals surface area contributed by atoms with Gasteiger partial charge >= 0.3 is 0 Å². The third kappa shape index (κ3) is 2.67. The van der Waals surface area contributed by atoms with Gasteiger partial charge in [-0.25, -0.2) is 4.39 Å². The smallest absolute Gasteiger partial charge is 0.142 e. The second-order valence-corrected chi connectivity index (χ2v) is 6.12. The summed E-state index contributed by atoms with van der Waals surface area (Å²) < 4.78 is 14.5. The van der Waals surface area contributed by atoms with Gasteiger partial charge in [-0.05, 0) is 52.5 Å². The van der Waals surface area contributed by atoms with Gasteiger partial charge < -0.3 is 0 Å². The molecule has 0 aliphatic rings. The molecule has 1 atom stereocenters. The van der Waals surface area contributed by atoms with E-state index in [2.05, 4.69) is 57.8 Å². The molecule has 2 rings (SSSR count). The van der Waals surface area contributed by atoms with E-state index in [0.29, 0.717) is 10.0 Å². The number of hydrogen-bond donors (Lipinski definition) is 0. The van der Waals surface area contributed by atoms with Crippen LogP contribution in [0, 0.1) is 19.7 Å². The molecule has 2 aromatic carbocycles. The van der Waals surface area contributed by atoms with Crippen LogP contribution in [0.25, 0.3) is 0 Å². The fourth-order valence-corrected chi connectivity index (χ4v) is 2.84. The molecular weight excluding hydrogens is 359 g/mol. The fourth-order valence-electron chi connectivity index (χ4n) is 1.82. The maximum atomic E-state index is 14.0. The van der Waals surface area contributed by atoms with E-state index in [1.54, 1.807) is 12.1 Å². The van der Waals surface area contributed by atoms with Gasteiger partial charge in [0.1, 0.15) is 5.82 Å². The summed E-state index contributed by atoms with van der Waals surface area (Å²) in [5, 5.41) is 0. The highest BCUT2D eigenvalue weighted by Gasteiger charge is 2.16. The molecule has 94 valence electrons. The summed E-state index contributed by atoms with van der Waals surface area (Å²) >= 11 is 6.79. The van der Waals surface area contributed by atoms with Crippen LogP contribution in [0.3, 0.4) is 0 Å². The molecule has 0 bridgehead atoms. The van der Waals surface area contributed by atoms with Gasteiger partial charge in [-0.2, -0.15) is 0 Å². The molecule has 18 heavy (non-hydrogen) atoms. The van der Waals surface area contributed by atoms with Crippen molar-refractivity contribution in [3.05, 3.63) is 68.9 Å². The fraction of sp³-hybridized carbons (Fsp3) is 0.200. The number of hydrogen-bond acceptors (Lipinski definition) is 0. The first-order valence-electron chi connectivity index (χ1n) is 5.66. The summed E-state index contributed by atoms with van der Waals surface area (Å²) in [5.74, 6) is -0.211. The lowest BCUT2D eigenvalue weighted by atomic mass is 10.00. The number of rotatable bonds is 2. The number of alkyl halides is 1. The molecule has 0 heterocycles. The summed E-state index contributed by atoms with van der Waals surface area (Å²) in [6, 6.07) is 11.5. The highest BCUT2D eigenvalue weighted by Crippen LogP contribution is 2.35. The monoisotopic (exact) mass is 370 g/mol. The van der Waals surface area contributed by atoms with E-state index in [9.17, 15) is 4.39 Å². The number of halogens is 3. The molecule has 0 fully saturated rings. The van der Waals surface area contributed by atoms with E-state index in [-0.39, 0.29) is 10.6 Å². The average molecular weight is 372 g/mol. The Morgan fingerprint density at radius 2 is 1.78 bits per heavy atom. The van der Waals surface area contributed by atoms with Crippen molar-refractivity contribution in [3.63, 3.8) is 0 Å². The second kappa shape index (κ2) is 5.54. The van der Waals surface area contributed by atoms with E-state index in [0.717, 1.165) is 5.56 Å². The maximum Gasteiger partial charge on any atom is 0.142 e. The van der Waals surface area contributed by atoms with Crippen LogP contribution in [0.1, 0.15) is 27.1 Å². The largest absolute Gasteiger partial charge is 0.205 e. The summed E-state index contributed by atoms with van der Waals surface area (Å²) in [5.41, 5.74) is 4.17. The Balaban J connectivity index is 2.44. The maximum absolute atomic E-state index is 14.0. The first kappa shape index (κ1) is 13.8. The predicted molar refractivity (Wildman–Crippen MR) is 80.8 cm³/mol. The lowest BCUT2D eigenvalue weighted by Gasteiger charge is -2.14. The second-order valence-electron chi connectivity index (χ2n) is 4.35.